The highest BCUT2D eigenvalue weighted by Crippen LogP contribution is 2.42. The summed E-state index contributed by atoms with van der Waals surface area (Å²) in [5.74, 6) is -0.104. The zero-order valence-corrected chi connectivity index (χ0v) is 18.7. The van der Waals surface area contributed by atoms with Crippen LogP contribution in [0.2, 0.25) is 0 Å². The van der Waals surface area contributed by atoms with Crippen LogP contribution in [0.4, 0.5) is 11.4 Å². The third-order valence-corrected chi connectivity index (χ3v) is 6.30. The summed E-state index contributed by atoms with van der Waals surface area (Å²) >= 11 is 0. The summed E-state index contributed by atoms with van der Waals surface area (Å²) in [6.07, 6.45) is 2.29. The Morgan fingerprint density at radius 1 is 0.939 bits per heavy atom. The van der Waals surface area contributed by atoms with E-state index in [9.17, 15) is 9.59 Å². The molecule has 0 spiro atoms. The first-order valence-electron chi connectivity index (χ1n) is 11.2. The van der Waals surface area contributed by atoms with Crippen LogP contribution in [0.25, 0.3) is 10.9 Å². The van der Waals surface area contributed by atoms with Gasteiger partial charge in [0.25, 0.3) is 5.91 Å². The molecule has 0 aliphatic carbocycles. The second-order valence-electron chi connectivity index (χ2n) is 8.48. The molecule has 0 bridgehead atoms. The van der Waals surface area contributed by atoms with Gasteiger partial charge in [0.2, 0.25) is 5.91 Å². The van der Waals surface area contributed by atoms with Crippen LogP contribution >= 0.6 is 0 Å². The predicted octanol–water partition coefficient (Wildman–Crippen LogP) is 5.77. The number of carbonyl (C=O) groups excluding carboxylic acids is 2. The fourth-order valence-corrected chi connectivity index (χ4v) is 4.83. The van der Waals surface area contributed by atoms with Crippen LogP contribution in [-0.2, 0) is 4.79 Å². The van der Waals surface area contributed by atoms with E-state index < -0.39 is 0 Å². The van der Waals surface area contributed by atoms with Gasteiger partial charge in [0.1, 0.15) is 0 Å². The molecule has 0 saturated carbocycles. The summed E-state index contributed by atoms with van der Waals surface area (Å²) in [4.78, 5) is 34.6. The molecule has 164 valence electrons. The Hall–Kier alpha value is -3.99. The Morgan fingerprint density at radius 3 is 2.42 bits per heavy atom. The Bertz CT molecular complexity index is 1340. The first kappa shape index (κ1) is 20.9. The van der Waals surface area contributed by atoms with E-state index >= 15 is 0 Å². The van der Waals surface area contributed by atoms with E-state index in [1.165, 1.54) is 0 Å². The van der Waals surface area contributed by atoms with Crippen molar-refractivity contribution in [3.05, 3.63) is 102 Å². The number of rotatable bonds is 3. The van der Waals surface area contributed by atoms with Crippen molar-refractivity contribution in [1.29, 1.82) is 0 Å². The topological polar surface area (TPSA) is 53.5 Å². The van der Waals surface area contributed by atoms with Crippen LogP contribution in [0.5, 0.6) is 0 Å². The Morgan fingerprint density at radius 2 is 1.64 bits per heavy atom. The second-order valence-corrected chi connectivity index (χ2v) is 8.48. The molecule has 1 aromatic heterocycles. The highest BCUT2D eigenvalue weighted by molar-refractivity contribution is 6.08. The van der Waals surface area contributed by atoms with Gasteiger partial charge in [-0.1, -0.05) is 54.6 Å². The number of amides is 2. The highest BCUT2D eigenvalue weighted by Gasteiger charge is 2.38. The molecule has 3 aromatic carbocycles. The van der Waals surface area contributed by atoms with Gasteiger partial charge < -0.3 is 9.80 Å². The molecule has 5 rings (SSSR count). The molecule has 33 heavy (non-hydrogen) atoms. The molecule has 0 saturated heterocycles. The van der Waals surface area contributed by atoms with Crippen LogP contribution in [0.15, 0.2) is 91.1 Å². The van der Waals surface area contributed by atoms with E-state index in [0.29, 0.717) is 12.0 Å². The van der Waals surface area contributed by atoms with Gasteiger partial charge in [-0.2, -0.15) is 0 Å². The molecule has 2 atom stereocenters. The van der Waals surface area contributed by atoms with Crippen molar-refractivity contribution in [3.8, 4) is 0 Å². The minimum Gasteiger partial charge on any atom is -0.305 e. The SMILES string of the molecule is CC(=O)N(c1ccccc1)[C@H]1C[C@@H](C)N(C(=O)c2cnc3ccccc3c2)c2ccccc21. The summed E-state index contributed by atoms with van der Waals surface area (Å²) in [5.41, 5.74) is 4.08. The Balaban J connectivity index is 1.57. The van der Waals surface area contributed by atoms with E-state index in [-0.39, 0.29) is 23.9 Å². The maximum atomic E-state index is 13.7. The maximum absolute atomic E-state index is 13.7. The van der Waals surface area contributed by atoms with Gasteiger partial charge in [0, 0.05) is 35.9 Å². The summed E-state index contributed by atoms with van der Waals surface area (Å²) in [6, 6.07) is 27.0. The largest absolute Gasteiger partial charge is 0.305 e. The lowest BCUT2D eigenvalue weighted by Gasteiger charge is -2.43. The van der Waals surface area contributed by atoms with Crippen molar-refractivity contribution in [1.82, 2.24) is 4.98 Å². The summed E-state index contributed by atoms with van der Waals surface area (Å²) in [7, 11) is 0. The van der Waals surface area contributed by atoms with Gasteiger partial charge in [-0.25, -0.2) is 0 Å². The molecule has 0 radical (unpaired) electrons. The minimum absolute atomic E-state index is 0.0216. The number of benzene rings is 3. The standard InChI is InChI=1S/C28H25N3O2/c1-19-16-27(31(20(2)32)23-11-4-3-5-12-23)24-13-7-9-15-26(24)30(19)28(33)22-17-21-10-6-8-14-25(21)29-18-22/h3-15,17-19,27H,16H2,1-2H3/t19-,27+/m1/s1. The quantitative estimate of drug-likeness (QED) is 0.411. The molecular formula is C28H25N3O2. The Labute approximate surface area is 193 Å². The first-order chi connectivity index (χ1) is 16.0. The fourth-order valence-electron chi connectivity index (χ4n) is 4.83. The fraction of sp³-hybridized carbons (Fsp3) is 0.179. The number of anilines is 2. The average Bonchev–Trinajstić information content (AvgIpc) is 2.84. The number of para-hydroxylation sites is 3. The average molecular weight is 436 g/mol. The zero-order valence-electron chi connectivity index (χ0n) is 18.7. The van der Waals surface area contributed by atoms with Gasteiger partial charge in [-0.3, -0.25) is 14.6 Å². The molecule has 1 aliphatic rings. The molecule has 5 nitrogen and oxygen atoms in total. The molecule has 2 amide bonds. The maximum Gasteiger partial charge on any atom is 0.260 e. The predicted molar refractivity (Wildman–Crippen MR) is 131 cm³/mol. The first-order valence-corrected chi connectivity index (χ1v) is 11.2. The van der Waals surface area contributed by atoms with Gasteiger partial charge in [0.05, 0.1) is 17.1 Å². The molecule has 5 heteroatoms. The molecule has 0 unspecified atom stereocenters. The number of nitrogens with zero attached hydrogens (tertiary/aromatic N) is 3. The molecular weight excluding hydrogens is 410 g/mol. The third kappa shape index (κ3) is 3.76. The van der Waals surface area contributed by atoms with Crippen LogP contribution in [0.3, 0.4) is 0 Å². The second kappa shape index (κ2) is 8.51. The van der Waals surface area contributed by atoms with Crippen molar-refractivity contribution in [3.63, 3.8) is 0 Å². The Kier molecular flexibility index (Phi) is 5.38. The van der Waals surface area contributed by atoms with Crippen LogP contribution < -0.4 is 9.80 Å². The van der Waals surface area contributed by atoms with Gasteiger partial charge in [-0.15, -0.1) is 0 Å². The van der Waals surface area contributed by atoms with E-state index in [1.54, 1.807) is 13.1 Å². The van der Waals surface area contributed by atoms with Crippen LogP contribution in [0.1, 0.15) is 42.2 Å². The molecule has 4 aromatic rings. The third-order valence-electron chi connectivity index (χ3n) is 6.30. The summed E-state index contributed by atoms with van der Waals surface area (Å²) < 4.78 is 0. The number of hydrogen-bond acceptors (Lipinski definition) is 3. The zero-order chi connectivity index (χ0) is 22.9. The van der Waals surface area contributed by atoms with E-state index in [2.05, 4.69) is 4.98 Å². The molecule has 0 fully saturated rings. The lowest BCUT2D eigenvalue weighted by atomic mass is 9.89. The summed E-state index contributed by atoms with van der Waals surface area (Å²) in [6.45, 7) is 3.64. The van der Waals surface area contributed by atoms with Gasteiger partial charge in [0.15, 0.2) is 0 Å². The highest BCUT2D eigenvalue weighted by atomic mass is 16.2. The van der Waals surface area contributed by atoms with Crippen molar-refractivity contribution in [2.75, 3.05) is 9.80 Å². The molecule has 0 N–H and O–H groups in total. The smallest absolute Gasteiger partial charge is 0.260 e. The van der Waals surface area contributed by atoms with Crippen LogP contribution in [0, 0.1) is 0 Å². The van der Waals surface area contributed by atoms with Crippen molar-refractivity contribution in [2.45, 2.75) is 32.4 Å². The van der Waals surface area contributed by atoms with Crippen molar-refractivity contribution < 1.29 is 9.59 Å². The number of aromatic nitrogens is 1. The molecule has 1 aliphatic heterocycles. The lowest BCUT2D eigenvalue weighted by Crippen LogP contribution is -2.47. The summed E-state index contributed by atoms with van der Waals surface area (Å²) in [5, 5.41) is 0.936. The number of hydrogen-bond donors (Lipinski definition) is 0. The van der Waals surface area contributed by atoms with Gasteiger partial charge >= 0.3 is 0 Å². The number of fused-ring (bicyclic) bond motifs is 2. The normalized spacial score (nSPS) is 17.5. The van der Waals surface area contributed by atoms with Crippen molar-refractivity contribution >= 4 is 34.1 Å². The lowest BCUT2D eigenvalue weighted by molar-refractivity contribution is -0.117. The number of pyridine rings is 1. The monoisotopic (exact) mass is 435 g/mol. The van der Waals surface area contributed by atoms with E-state index in [4.69, 9.17) is 0 Å². The van der Waals surface area contributed by atoms with Crippen molar-refractivity contribution in [2.24, 2.45) is 0 Å². The van der Waals surface area contributed by atoms with E-state index in [0.717, 1.165) is 27.8 Å². The van der Waals surface area contributed by atoms with Crippen LogP contribution in [-0.4, -0.2) is 22.8 Å². The minimum atomic E-state index is -0.158. The number of carbonyl (C=O) groups is 2. The molecule has 2 heterocycles. The van der Waals surface area contributed by atoms with Gasteiger partial charge in [-0.05, 0) is 49.2 Å². The van der Waals surface area contributed by atoms with E-state index in [1.807, 2.05) is 102 Å².